The van der Waals surface area contributed by atoms with Gasteiger partial charge in [-0.2, -0.15) is 0 Å². The van der Waals surface area contributed by atoms with Crippen LogP contribution in [0.1, 0.15) is 57.5 Å². The van der Waals surface area contributed by atoms with Gasteiger partial charge in [-0.1, -0.05) is 20.8 Å². The number of aryl methyl sites for hydroxylation is 1. The van der Waals surface area contributed by atoms with Crippen molar-refractivity contribution in [3.05, 3.63) is 17.6 Å². The molecular formula is C15H23N3O2. The van der Waals surface area contributed by atoms with E-state index in [1.807, 2.05) is 11.0 Å². The lowest BCUT2D eigenvalue weighted by Gasteiger charge is -2.34. The van der Waals surface area contributed by atoms with Gasteiger partial charge in [-0.25, -0.2) is 14.8 Å². The minimum Gasteiger partial charge on any atom is -0.480 e. The molecule has 1 fully saturated rings. The molecular weight excluding hydrogens is 254 g/mol. The van der Waals surface area contributed by atoms with E-state index in [1.54, 1.807) is 0 Å². The quantitative estimate of drug-likeness (QED) is 0.916. The molecule has 1 aliphatic heterocycles. The van der Waals surface area contributed by atoms with Crippen LogP contribution in [0, 0.1) is 0 Å². The van der Waals surface area contributed by atoms with Gasteiger partial charge in [0.1, 0.15) is 17.7 Å². The smallest absolute Gasteiger partial charge is 0.326 e. The van der Waals surface area contributed by atoms with Gasteiger partial charge in [0.25, 0.3) is 0 Å². The molecule has 5 heteroatoms. The second-order valence-electron chi connectivity index (χ2n) is 5.63. The van der Waals surface area contributed by atoms with E-state index in [0.717, 1.165) is 43.1 Å². The highest BCUT2D eigenvalue weighted by Gasteiger charge is 2.30. The lowest BCUT2D eigenvalue weighted by atomic mass is 10.0. The monoisotopic (exact) mass is 277 g/mol. The Morgan fingerprint density at radius 2 is 2.20 bits per heavy atom. The first-order valence-corrected chi connectivity index (χ1v) is 7.40. The Morgan fingerprint density at radius 1 is 1.45 bits per heavy atom. The third kappa shape index (κ3) is 3.08. The van der Waals surface area contributed by atoms with Crippen LogP contribution in [-0.4, -0.2) is 33.6 Å². The van der Waals surface area contributed by atoms with Crippen molar-refractivity contribution in [3.63, 3.8) is 0 Å². The summed E-state index contributed by atoms with van der Waals surface area (Å²) in [5, 5.41) is 9.39. The van der Waals surface area contributed by atoms with Gasteiger partial charge in [-0.3, -0.25) is 0 Å². The van der Waals surface area contributed by atoms with Gasteiger partial charge >= 0.3 is 5.97 Å². The summed E-state index contributed by atoms with van der Waals surface area (Å²) in [6.45, 7) is 6.93. The lowest BCUT2D eigenvalue weighted by Crippen LogP contribution is -2.45. The van der Waals surface area contributed by atoms with Crippen LogP contribution in [0.25, 0.3) is 0 Å². The first-order valence-electron chi connectivity index (χ1n) is 7.40. The van der Waals surface area contributed by atoms with Crippen LogP contribution in [0.5, 0.6) is 0 Å². The van der Waals surface area contributed by atoms with Crippen molar-refractivity contribution >= 4 is 11.8 Å². The first-order chi connectivity index (χ1) is 9.52. The molecule has 1 unspecified atom stereocenters. The molecule has 1 aromatic rings. The summed E-state index contributed by atoms with van der Waals surface area (Å²) in [5.41, 5.74) is 0.980. The third-order valence-corrected chi connectivity index (χ3v) is 3.74. The molecule has 1 N–H and O–H groups in total. The summed E-state index contributed by atoms with van der Waals surface area (Å²) in [4.78, 5) is 22.5. The molecule has 20 heavy (non-hydrogen) atoms. The first kappa shape index (κ1) is 14.8. The number of piperidine rings is 1. The summed E-state index contributed by atoms with van der Waals surface area (Å²) in [6.07, 6.45) is 3.51. The highest BCUT2D eigenvalue weighted by atomic mass is 16.4. The van der Waals surface area contributed by atoms with Gasteiger partial charge in [-0.15, -0.1) is 0 Å². The topological polar surface area (TPSA) is 66.3 Å². The minimum absolute atomic E-state index is 0.244. The number of aromatic nitrogens is 2. The van der Waals surface area contributed by atoms with Gasteiger partial charge in [0, 0.05) is 24.2 Å². The van der Waals surface area contributed by atoms with Crippen molar-refractivity contribution in [2.75, 3.05) is 11.4 Å². The molecule has 0 aliphatic carbocycles. The average molecular weight is 277 g/mol. The van der Waals surface area contributed by atoms with E-state index in [-0.39, 0.29) is 5.92 Å². The Morgan fingerprint density at radius 3 is 2.80 bits per heavy atom. The Bertz CT molecular complexity index is 488. The van der Waals surface area contributed by atoms with Gasteiger partial charge in [0.2, 0.25) is 0 Å². The molecule has 0 radical (unpaired) electrons. The van der Waals surface area contributed by atoms with E-state index in [4.69, 9.17) is 0 Å². The fraction of sp³-hybridized carbons (Fsp3) is 0.667. The largest absolute Gasteiger partial charge is 0.480 e. The Labute approximate surface area is 120 Å². The molecule has 0 spiro atoms. The SMILES string of the molecule is CCc1cc(N2CCCCC2C(=O)O)nc(C(C)C)n1. The molecule has 110 valence electrons. The van der Waals surface area contributed by atoms with E-state index in [1.165, 1.54) is 0 Å². The maximum absolute atomic E-state index is 11.4. The van der Waals surface area contributed by atoms with Crippen molar-refractivity contribution in [1.29, 1.82) is 0 Å². The zero-order chi connectivity index (χ0) is 14.7. The number of carboxylic acids is 1. The highest BCUT2D eigenvalue weighted by molar-refractivity contribution is 5.78. The van der Waals surface area contributed by atoms with Crippen molar-refractivity contribution < 1.29 is 9.90 Å². The zero-order valence-corrected chi connectivity index (χ0v) is 12.5. The molecule has 2 rings (SSSR count). The molecule has 0 bridgehead atoms. The number of carbonyl (C=O) groups is 1. The summed E-state index contributed by atoms with van der Waals surface area (Å²) >= 11 is 0. The number of carboxylic acid groups (broad SMARTS) is 1. The standard InChI is InChI=1S/C15H23N3O2/c1-4-11-9-13(17-14(16-11)10(2)3)18-8-6-5-7-12(18)15(19)20/h9-10,12H,4-8H2,1-3H3,(H,19,20). The maximum atomic E-state index is 11.4. The van der Waals surface area contributed by atoms with Gasteiger partial charge in [-0.05, 0) is 25.7 Å². The van der Waals surface area contributed by atoms with E-state index < -0.39 is 12.0 Å². The molecule has 5 nitrogen and oxygen atoms in total. The number of hydrogen-bond donors (Lipinski definition) is 1. The summed E-state index contributed by atoms with van der Waals surface area (Å²) in [5.74, 6) is 1.06. The second-order valence-corrected chi connectivity index (χ2v) is 5.63. The third-order valence-electron chi connectivity index (χ3n) is 3.74. The molecule has 1 aromatic heterocycles. The summed E-state index contributed by atoms with van der Waals surface area (Å²) in [6, 6.07) is 1.48. The maximum Gasteiger partial charge on any atom is 0.326 e. The molecule has 0 saturated carbocycles. The normalized spacial score (nSPS) is 19.4. The average Bonchev–Trinajstić information content (AvgIpc) is 2.46. The Hall–Kier alpha value is -1.65. The van der Waals surface area contributed by atoms with Gasteiger partial charge < -0.3 is 10.0 Å². The van der Waals surface area contributed by atoms with Crippen LogP contribution in [0.3, 0.4) is 0 Å². The van der Waals surface area contributed by atoms with Gasteiger partial charge in [0.15, 0.2) is 0 Å². The second kappa shape index (κ2) is 6.20. The molecule has 0 aromatic carbocycles. The van der Waals surface area contributed by atoms with E-state index in [0.29, 0.717) is 6.42 Å². The summed E-state index contributed by atoms with van der Waals surface area (Å²) < 4.78 is 0. The van der Waals surface area contributed by atoms with Crippen LogP contribution in [0.15, 0.2) is 6.07 Å². The van der Waals surface area contributed by atoms with Crippen molar-refractivity contribution in [2.45, 2.75) is 58.4 Å². The van der Waals surface area contributed by atoms with Crippen molar-refractivity contribution in [3.8, 4) is 0 Å². The number of hydrogen-bond acceptors (Lipinski definition) is 4. The van der Waals surface area contributed by atoms with Crippen LogP contribution in [0.4, 0.5) is 5.82 Å². The Kier molecular flexibility index (Phi) is 4.57. The lowest BCUT2D eigenvalue weighted by molar-refractivity contribution is -0.139. The molecule has 0 amide bonds. The van der Waals surface area contributed by atoms with Gasteiger partial charge in [0.05, 0.1) is 0 Å². The predicted octanol–water partition coefficient (Wildman–Crippen LogP) is 2.61. The van der Waals surface area contributed by atoms with E-state index >= 15 is 0 Å². The number of anilines is 1. The van der Waals surface area contributed by atoms with Crippen LogP contribution >= 0.6 is 0 Å². The summed E-state index contributed by atoms with van der Waals surface area (Å²) in [7, 11) is 0. The zero-order valence-electron chi connectivity index (χ0n) is 12.5. The molecule has 1 aliphatic rings. The molecule has 2 heterocycles. The number of rotatable bonds is 4. The fourth-order valence-electron chi connectivity index (χ4n) is 2.55. The fourth-order valence-corrected chi connectivity index (χ4v) is 2.55. The van der Waals surface area contributed by atoms with Crippen LogP contribution < -0.4 is 4.90 Å². The highest BCUT2D eigenvalue weighted by Crippen LogP contribution is 2.25. The minimum atomic E-state index is -0.757. The van der Waals surface area contributed by atoms with Crippen molar-refractivity contribution in [2.24, 2.45) is 0 Å². The number of aliphatic carboxylic acids is 1. The van der Waals surface area contributed by atoms with Crippen molar-refractivity contribution in [1.82, 2.24) is 9.97 Å². The van der Waals surface area contributed by atoms with E-state index in [2.05, 4.69) is 30.7 Å². The predicted molar refractivity (Wildman–Crippen MR) is 78.1 cm³/mol. The van der Waals surface area contributed by atoms with E-state index in [9.17, 15) is 9.90 Å². The molecule has 1 atom stereocenters. The Balaban J connectivity index is 2.38. The molecule has 1 saturated heterocycles. The van der Waals surface area contributed by atoms with Crippen LogP contribution in [-0.2, 0) is 11.2 Å². The number of nitrogens with zero attached hydrogens (tertiary/aromatic N) is 3. The van der Waals surface area contributed by atoms with Crippen LogP contribution in [0.2, 0.25) is 0 Å².